The van der Waals surface area contributed by atoms with E-state index in [0.717, 1.165) is 22.8 Å². The number of esters is 1. The van der Waals surface area contributed by atoms with Crippen molar-refractivity contribution < 1.29 is 48.0 Å². The first-order valence-electron chi connectivity index (χ1n) is 20.2. The predicted molar refractivity (Wildman–Crippen MR) is 232 cm³/mol. The highest BCUT2D eigenvalue weighted by Gasteiger charge is 2.34. The lowest BCUT2D eigenvalue weighted by atomic mass is 10.1. The highest BCUT2D eigenvalue weighted by atomic mass is 16.5. The van der Waals surface area contributed by atoms with Crippen LogP contribution < -0.4 is 29.6 Å². The maximum atomic E-state index is 12.8. The van der Waals surface area contributed by atoms with Gasteiger partial charge in [-0.15, -0.1) is 0 Å². The van der Waals surface area contributed by atoms with Gasteiger partial charge < -0.3 is 49.2 Å². The summed E-state index contributed by atoms with van der Waals surface area (Å²) in [6.45, 7) is 3.15. The Morgan fingerprint density at radius 1 is 0.683 bits per heavy atom. The van der Waals surface area contributed by atoms with E-state index in [4.69, 9.17) is 24.1 Å². The van der Waals surface area contributed by atoms with E-state index in [1.807, 2.05) is 28.0 Å². The zero-order chi connectivity index (χ0) is 44.3. The molecule has 4 aliphatic heterocycles. The summed E-state index contributed by atoms with van der Waals surface area (Å²) >= 11 is 0. The van der Waals surface area contributed by atoms with Gasteiger partial charge in [-0.2, -0.15) is 0 Å². The Balaban J connectivity index is 0.000000189. The van der Waals surface area contributed by atoms with Gasteiger partial charge in [0.2, 0.25) is 0 Å². The minimum atomic E-state index is -0.866. The number of carboxylic acid groups (broad SMARTS) is 1. The number of aliphatic carboxylic acids is 1. The van der Waals surface area contributed by atoms with Crippen LogP contribution in [0.2, 0.25) is 0 Å². The second-order valence-electron chi connectivity index (χ2n) is 14.1. The third-order valence-corrected chi connectivity index (χ3v) is 10.1. The molecule has 0 spiro atoms. The maximum absolute atomic E-state index is 12.8. The quantitative estimate of drug-likeness (QED) is 0.0573. The lowest BCUT2D eigenvalue weighted by Crippen LogP contribution is -2.36. The third-order valence-electron chi connectivity index (χ3n) is 10.1. The number of allylic oxidation sites excluding steroid dienone is 2. The highest BCUT2D eigenvalue weighted by Crippen LogP contribution is 2.44. The van der Waals surface area contributed by atoms with Gasteiger partial charge in [0.15, 0.2) is 34.6 Å². The fourth-order valence-corrected chi connectivity index (χ4v) is 7.16. The molecule has 3 N–H and O–H groups in total. The number of methoxy groups -OCH3 is 3. The molecule has 18 heteroatoms. The summed E-state index contributed by atoms with van der Waals surface area (Å²) in [6, 6.07) is 14.3. The molecule has 2 aromatic heterocycles. The fraction of sp³-hybridized carbons (Fsp3) is 0.289. The molecule has 0 saturated heterocycles. The van der Waals surface area contributed by atoms with Crippen molar-refractivity contribution in [1.29, 1.82) is 0 Å². The molecule has 63 heavy (non-hydrogen) atoms. The standard InChI is InChI=1S/C23H24N4O5.C22H22N4O5/c1-30-20(29)6-4-12-32-18-8-7-16-21(22(18)31-2)26-19(27-11-10-25-23(16)27)13-17(28)15-5-3-9-24-14-15;1-30-21-17(31-11-3-5-19(28)29)7-6-15-20(21)25-18(26-10-9-24-22(15)26)12-16(27)14-4-2-8-23-13-14/h3,5,7-9,13-14,26H,4,6,10-12H2,1-2H3;2,4,6-8,12-13,25H,3,5,9-11H2,1H3,(H,28,29). The Morgan fingerprint density at radius 3 is 1.57 bits per heavy atom. The summed E-state index contributed by atoms with van der Waals surface area (Å²) in [4.78, 5) is 68.7. The van der Waals surface area contributed by atoms with Gasteiger partial charge in [-0.3, -0.25) is 39.1 Å². The average molecular weight is 859 g/mol. The van der Waals surface area contributed by atoms with E-state index in [0.29, 0.717) is 103 Å². The Bertz CT molecular complexity index is 2490. The van der Waals surface area contributed by atoms with Gasteiger partial charge in [-0.05, 0) is 61.4 Å². The van der Waals surface area contributed by atoms with Crippen LogP contribution in [0, 0.1) is 0 Å². The topological polar surface area (TPSA) is 216 Å². The van der Waals surface area contributed by atoms with Crippen LogP contribution in [0.5, 0.6) is 23.0 Å². The number of aromatic nitrogens is 2. The number of ketones is 2. The van der Waals surface area contributed by atoms with Gasteiger partial charge in [0.05, 0.1) is 59.0 Å². The average Bonchev–Trinajstić information content (AvgIpc) is 4.02. The first-order valence-corrected chi connectivity index (χ1v) is 20.2. The summed E-state index contributed by atoms with van der Waals surface area (Å²) in [5.41, 5.74) is 4.04. The van der Waals surface area contributed by atoms with Crippen LogP contribution in [0.4, 0.5) is 11.4 Å². The van der Waals surface area contributed by atoms with Crippen LogP contribution in [0.15, 0.2) is 107 Å². The van der Waals surface area contributed by atoms with Crippen LogP contribution in [0.1, 0.15) is 57.5 Å². The zero-order valence-electron chi connectivity index (χ0n) is 35.0. The van der Waals surface area contributed by atoms with Crippen molar-refractivity contribution in [3.63, 3.8) is 0 Å². The minimum absolute atomic E-state index is 0.0284. The second-order valence-corrected chi connectivity index (χ2v) is 14.1. The molecule has 0 unspecified atom stereocenters. The number of hydrogen-bond acceptors (Lipinski definition) is 17. The number of aliphatic imine (C=N–C) groups is 2. The van der Waals surface area contributed by atoms with Crippen LogP contribution in [-0.2, 0) is 14.3 Å². The summed E-state index contributed by atoms with van der Waals surface area (Å²) < 4.78 is 27.5. The fourth-order valence-electron chi connectivity index (χ4n) is 7.16. The number of pyridine rings is 2. The van der Waals surface area contributed by atoms with Crippen LogP contribution >= 0.6 is 0 Å². The van der Waals surface area contributed by atoms with Gasteiger partial charge in [0.1, 0.15) is 23.3 Å². The third kappa shape index (κ3) is 9.91. The summed E-state index contributed by atoms with van der Waals surface area (Å²) in [5, 5.41) is 15.4. The van der Waals surface area contributed by atoms with Gasteiger partial charge in [0.25, 0.3) is 0 Å². The Morgan fingerprint density at radius 2 is 1.16 bits per heavy atom. The molecule has 0 amide bonds. The minimum Gasteiger partial charge on any atom is -0.491 e. The molecule has 0 saturated carbocycles. The first kappa shape index (κ1) is 43.3. The Kier molecular flexibility index (Phi) is 13.9. The molecule has 0 bridgehead atoms. The molecule has 0 aliphatic carbocycles. The number of fused-ring (bicyclic) bond motifs is 6. The van der Waals surface area contributed by atoms with E-state index in [9.17, 15) is 19.2 Å². The molecule has 4 aromatic rings. The molecule has 6 heterocycles. The molecule has 4 aliphatic rings. The molecular formula is C45H46N8O10. The Hall–Kier alpha value is -7.76. The highest BCUT2D eigenvalue weighted by molar-refractivity contribution is 6.12. The van der Waals surface area contributed by atoms with E-state index >= 15 is 0 Å². The predicted octanol–water partition coefficient (Wildman–Crippen LogP) is 5.18. The number of anilines is 2. The van der Waals surface area contributed by atoms with E-state index in [-0.39, 0.29) is 37.0 Å². The van der Waals surface area contributed by atoms with E-state index in [1.165, 1.54) is 32.7 Å². The number of ether oxygens (including phenoxy) is 5. The van der Waals surface area contributed by atoms with Gasteiger partial charge in [-0.1, -0.05) is 0 Å². The molecular weight excluding hydrogens is 813 g/mol. The number of hydrogen-bond donors (Lipinski definition) is 3. The zero-order valence-corrected chi connectivity index (χ0v) is 35.0. The number of carboxylic acids is 1. The SMILES string of the molecule is COC(=O)CCCOc1ccc2c(c1OC)NC(=CC(=O)c1cccnc1)N1CCN=C21.COc1c(OCCCC(=O)O)ccc2c1NC(=CC(=O)c1cccnc1)N1CCN=C21. The van der Waals surface area contributed by atoms with Crippen molar-refractivity contribution in [3.05, 3.63) is 119 Å². The van der Waals surface area contributed by atoms with Crippen molar-refractivity contribution in [1.82, 2.24) is 19.8 Å². The number of carbonyl (C=O) groups is 4. The molecule has 0 atom stereocenters. The maximum Gasteiger partial charge on any atom is 0.305 e. The largest absolute Gasteiger partial charge is 0.491 e. The van der Waals surface area contributed by atoms with E-state index in [1.54, 1.807) is 55.9 Å². The van der Waals surface area contributed by atoms with Crippen molar-refractivity contribution >= 4 is 46.6 Å². The summed E-state index contributed by atoms with van der Waals surface area (Å²) in [6.07, 6.45) is 10.6. The van der Waals surface area contributed by atoms with Gasteiger partial charge >= 0.3 is 11.9 Å². The number of rotatable bonds is 16. The smallest absolute Gasteiger partial charge is 0.305 e. The van der Waals surface area contributed by atoms with Crippen molar-refractivity contribution in [2.24, 2.45) is 9.98 Å². The van der Waals surface area contributed by atoms with Crippen LogP contribution in [0.25, 0.3) is 0 Å². The second kappa shape index (κ2) is 20.2. The van der Waals surface area contributed by atoms with Crippen molar-refractivity contribution in [3.8, 4) is 23.0 Å². The number of carbonyl (C=O) groups excluding carboxylic acids is 3. The number of nitrogens with zero attached hydrogens (tertiary/aromatic N) is 6. The Labute approximate surface area is 362 Å². The number of amidine groups is 2. The molecule has 326 valence electrons. The number of benzene rings is 2. The summed E-state index contributed by atoms with van der Waals surface area (Å²) in [7, 11) is 4.46. The van der Waals surface area contributed by atoms with E-state index < -0.39 is 5.97 Å². The molecule has 0 fully saturated rings. The van der Waals surface area contributed by atoms with Gasteiger partial charge in [-0.25, -0.2) is 0 Å². The van der Waals surface area contributed by atoms with Crippen LogP contribution in [-0.4, -0.2) is 121 Å². The molecule has 2 aromatic carbocycles. The number of nitrogens with one attached hydrogen (secondary N) is 2. The van der Waals surface area contributed by atoms with Crippen LogP contribution in [0.3, 0.4) is 0 Å². The van der Waals surface area contributed by atoms with Crippen molar-refractivity contribution in [2.75, 3.05) is 71.4 Å². The normalized spacial score (nSPS) is 15.5. The summed E-state index contributed by atoms with van der Waals surface area (Å²) in [5.74, 6) is 3.27. The molecule has 18 nitrogen and oxygen atoms in total. The van der Waals surface area contributed by atoms with Crippen molar-refractivity contribution in [2.45, 2.75) is 25.7 Å². The lowest BCUT2D eigenvalue weighted by molar-refractivity contribution is -0.141. The molecule has 0 radical (unpaired) electrons. The van der Waals surface area contributed by atoms with Gasteiger partial charge in [0, 0.05) is 85.1 Å². The monoisotopic (exact) mass is 858 g/mol. The molecule has 8 rings (SSSR count). The van der Waals surface area contributed by atoms with E-state index in [2.05, 4.69) is 35.3 Å². The first-order chi connectivity index (χ1) is 30.7. The lowest BCUT2D eigenvalue weighted by Gasteiger charge is -2.32.